The van der Waals surface area contributed by atoms with Gasteiger partial charge in [-0.2, -0.15) is 0 Å². The molecule has 2 unspecified atom stereocenters. The molecule has 0 amide bonds. The number of rotatable bonds is 5. The molecule has 0 bridgehead atoms. The van der Waals surface area contributed by atoms with Crippen LogP contribution in [-0.4, -0.2) is 19.8 Å². The number of hydrazine groups is 1. The van der Waals surface area contributed by atoms with Crippen LogP contribution in [0.4, 0.5) is 0 Å². The van der Waals surface area contributed by atoms with Crippen molar-refractivity contribution < 1.29 is 9.47 Å². The average molecular weight is 284 g/mol. The summed E-state index contributed by atoms with van der Waals surface area (Å²) in [6, 6.07) is 16.3. The van der Waals surface area contributed by atoms with Gasteiger partial charge in [-0.25, -0.2) is 0 Å². The summed E-state index contributed by atoms with van der Waals surface area (Å²) in [5.41, 5.74) is 5.31. The molecule has 1 aliphatic heterocycles. The van der Waals surface area contributed by atoms with Crippen molar-refractivity contribution in [3.63, 3.8) is 0 Å². The van der Waals surface area contributed by atoms with Crippen LogP contribution >= 0.6 is 0 Å². The van der Waals surface area contributed by atoms with Gasteiger partial charge in [-0.05, 0) is 24.1 Å². The molecule has 1 aliphatic rings. The van der Waals surface area contributed by atoms with E-state index in [0.29, 0.717) is 6.61 Å². The largest absolute Gasteiger partial charge is 0.496 e. The van der Waals surface area contributed by atoms with Gasteiger partial charge in [0.2, 0.25) is 0 Å². The van der Waals surface area contributed by atoms with E-state index in [1.807, 2.05) is 36.4 Å². The summed E-state index contributed by atoms with van der Waals surface area (Å²) in [5.74, 6) is 7.90. The lowest BCUT2D eigenvalue weighted by Gasteiger charge is -2.23. The molecule has 0 aromatic heterocycles. The molecule has 2 atom stereocenters. The van der Waals surface area contributed by atoms with Crippen LogP contribution in [0.15, 0.2) is 48.5 Å². The molecule has 0 spiro atoms. The van der Waals surface area contributed by atoms with Crippen LogP contribution < -0.4 is 20.7 Å². The van der Waals surface area contributed by atoms with Crippen LogP contribution in [0, 0.1) is 0 Å². The molecule has 0 aliphatic carbocycles. The van der Waals surface area contributed by atoms with E-state index in [1.54, 1.807) is 7.11 Å². The van der Waals surface area contributed by atoms with Crippen molar-refractivity contribution in [3.05, 3.63) is 59.7 Å². The van der Waals surface area contributed by atoms with Crippen LogP contribution in [-0.2, 0) is 6.42 Å². The zero-order chi connectivity index (χ0) is 14.7. The first-order valence-corrected chi connectivity index (χ1v) is 7.13. The minimum absolute atomic E-state index is 0.102. The Labute approximate surface area is 124 Å². The van der Waals surface area contributed by atoms with Crippen LogP contribution in [0.5, 0.6) is 11.5 Å². The van der Waals surface area contributed by atoms with Crippen LogP contribution in [0.25, 0.3) is 0 Å². The Morgan fingerprint density at radius 3 is 2.81 bits per heavy atom. The molecule has 0 saturated heterocycles. The second-order valence-corrected chi connectivity index (χ2v) is 5.24. The predicted octanol–water partition coefficient (Wildman–Crippen LogP) is 2.25. The Morgan fingerprint density at radius 2 is 2.00 bits per heavy atom. The third-order valence-electron chi connectivity index (χ3n) is 4.07. The van der Waals surface area contributed by atoms with Crippen molar-refractivity contribution >= 4 is 0 Å². The van der Waals surface area contributed by atoms with Gasteiger partial charge in [0.1, 0.15) is 11.5 Å². The van der Waals surface area contributed by atoms with Gasteiger partial charge >= 0.3 is 0 Å². The fourth-order valence-corrected chi connectivity index (χ4v) is 2.95. The number of methoxy groups -OCH3 is 1. The molecular weight excluding hydrogens is 264 g/mol. The van der Waals surface area contributed by atoms with Crippen molar-refractivity contribution in [3.8, 4) is 11.5 Å². The first kappa shape index (κ1) is 13.9. The normalized spacial score (nSPS) is 17.9. The standard InChI is InChI=1S/C17H20N2O2/c1-20-16-8-4-2-6-12(16)10-15(19-18)14-11-21-17-9-5-3-7-13(14)17/h2-9,14-15,19H,10-11,18H2,1H3. The first-order valence-electron chi connectivity index (χ1n) is 7.13. The van der Waals surface area contributed by atoms with Gasteiger partial charge in [0.25, 0.3) is 0 Å². The molecular formula is C17H20N2O2. The summed E-state index contributed by atoms with van der Waals surface area (Å²) in [4.78, 5) is 0. The van der Waals surface area contributed by atoms with E-state index in [-0.39, 0.29) is 12.0 Å². The highest BCUT2D eigenvalue weighted by Crippen LogP contribution is 2.36. The molecule has 3 rings (SSSR count). The summed E-state index contributed by atoms with van der Waals surface area (Å²) >= 11 is 0. The third kappa shape index (κ3) is 2.73. The minimum atomic E-state index is 0.102. The van der Waals surface area contributed by atoms with E-state index in [2.05, 4.69) is 17.6 Å². The molecule has 2 aromatic carbocycles. The molecule has 1 heterocycles. The number of hydrogen-bond donors (Lipinski definition) is 2. The highest BCUT2D eigenvalue weighted by atomic mass is 16.5. The maximum atomic E-state index is 5.80. The number of para-hydroxylation sites is 2. The zero-order valence-corrected chi connectivity index (χ0v) is 12.1. The average Bonchev–Trinajstić information content (AvgIpc) is 2.97. The van der Waals surface area contributed by atoms with Gasteiger partial charge in [0, 0.05) is 17.5 Å². The molecule has 0 saturated carbocycles. The smallest absolute Gasteiger partial charge is 0.122 e. The predicted molar refractivity (Wildman–Crippen MR) is 82.5 cm³/mol. The van der Waals surface area contributed by atoms with Crippen LogP contribution in [0.1, 0.15) is 17.0 Å². The molecule has 2 aromatic rings. The Bertz CT molecular complexity index is 615. The number of nitrogens with two attached hydrogens (primary N) is 1. The first-order chi connectivity index (χ1) is 10.3. The lowest BCUT2D eigenvalue weighted by molar-refractivity contribution is 0.296. The van der Waals surface area contributed by atoms with Gasteiger partial charge in [0.05, 0.1) is 13.7 Å². The monoisotopic (exact) mass is 284 g/mol. The molecule has 0 radical (unpaired) electrons. The molecule has 110 valence electrons. The molecule has 0 fully saturated rings. The maximum absolute atomic E-state index is 5.80. The molecule has 4 heteroatoms. The van der Waals surface area contributed by atoms with Gasteiger partial charge in [0.15, 0.2) is 0 Å². The quantitative estimate of drug-likeness (QED) is 0.653. The second kappa shape index (κ2) is 6.16. The fourth-order valence-electron chi connectivity index (χ4n) is 2.95. The molecule has 3 N–H and O–H groups in total. The van der Waals surface area contributed by atoms with E-state index < -0.39 is 0 Å². The number of fused-ring (bicyclic) bond motifs is 1. The number of ether oxygens (including phenoxy) is 2. The summed E-state index contributed by atoms with van der Waals surface area (Å²) < 4.78 is 11.2. The summed E-state index contributed by atoms with van der Waals surface area (Å²) in [5, 5.41) is 0. The van der Waals surface area contributed by atoms with Gasteiger partial charge < -0.3 is 9.47 Å². The van der Waals surface area contributed by atoms with E-state index in [0.717, 1.165) is 23.5 Å². The molecule has 4 nitrogen and oxygen atoms in total. The van der Waals surface area contributed by atoms with E-state index in [4.69, 9.17) is 15.3 Å². The number of nitrogens with one attached hydrogen (secondary N) is 1. The van der Waals surface area contributed by atoms with Crippen molar-refractivity contribution in [2.24, 2.45) is 5.84 Å². The summed E-state index contributed by atoms with van der Waals surface area (Å²) in [6.07, 6.45) is 0.795. The van der Waals surface area contributed by atoms with Crippen molar-refractivity contribution in [1.82, 2.24) is 5.43 Å². The minimum Gasteiger partial charge on any atom is -0.496 e. The fraction of sp³-hybridized carbons (Fsp3) is 0.294. The second-order valence-electron chi connectivity index (χ2n) is 5.24. The number of benzene rings is 2. The van der Waals surface area contributed by atoms with Crippen molar-refractivity contribution in [1.29, 1.82) is 0 Å². The van der Waals surface area contributed by atoms with Crippen molar-refractivity contribution in [2.75, 3.05) is 13.7 Å². The van der Waals surface area contributed by atoms with Gasteiger partial charge in [-0.3, -0.25) is 11.3 Å². The Kier molecular flexibility index (Phi) is 4.08. The lowest BCUT2D eigenvalue weighted by atomic mass is 9.89. The highest BCUT2D eigenvalue weighted by Gasteiger charge is 2.31. The Balaban J connectivity index is 1.83. The van der Waals surface area contributed by atoms with E-state index in [1.165, 1.54) is 5.56 Å². The maximum Gasteiger partial charge on any atom is 0.122 e. The van der Waals surface area contributed by atoms with E-state index in [9.17, 15) is 0 Å². The topological polar surface area (TPSA) is 56.5 Å². The van der Waals surface area contributed by atoms with Crippen molar-refractivity contribution in [2.45, 2.75) is 18.4 Å². The summed E-state index contributed by atoms with van der Waals surface area (Å²) in [6.45, 7) is 0.656. The van der Waals surface area contributed by atoms with E-state index >= 15 is 0 Å². The Morgan fingerprint density at radius 1 is 1.24 bits per heavy atom. The van der Waals surface area contributed by atoms with Crippen LogP contribution in [0.3, 0.4) is 0 Å². The molecule has 21 heavy (non-hydrogen) atoms. The Hall–Kier alpha value is -2.04. The van der Waals surface area contributed by atoms with Gasteiger partial charge in [-0.15, -0.1) is 0 Å². The highest BCUT2D eigenvalue weighted by molar-refractivity contribution is 5.41. The third-order valence-corrected chi connectivity index (χ3v) is 4.07. The zero-order valence-electron chi connectivity index (χ0n) is 12.1. The summed E-state index contributed by atoms with van der Waals surface area (Å²) in [7, 11) is 1.69. The van der Waals surface area contributed by atoms with Gasteiger partial charge in [-0.1, -0.05) is 36.4 Å². The van der Waals surface area contributed by atoms with Crippen LogP contribution in [0.2, 0.25) is 0 Å². The SMILES string of the molecule is COc1ccccc1CC(NN)C1COc2ccccc21. The number of hydrogen-bond acceptors (Lipinski definition) is 4. The lowest BCUT2D eigenvalue weighted by Crippen LogP contribution is -2.42.